The van der Waals surface area contributed by atoms with E-state index in [-0.39, 0.29) is 17.5 Å². The molecule has 0 spiro atoms. The number of hydrogen-bond acceptors (Lipinski definition) is 7. The van der Waals surface area contributed by atoms with Crippen LogP contribution in [0.1, 0.15) is 62.2 Å². The van der Waals surface area contributed by atoms with Crippen LogP contribution in [0.25, 0.3) is 0 Å². The van der Waals surface area contributed by atoms with E-state index in [0.29, 0.717) is 29.6 Å². The molecule has 6 rings (SSSR count). The predicted molar refractivity (Wildman–Crippen MR) is 173 cm³/mol. The first-order valence-electron chi connectivity index (χ1n) is 15.3. The molecule has 1 aromatic heterocycles. The van der Waals surface area contributed by atoms with Gasteiger partial charge in [-0.1, -0.05) is 42.5 Å². The summed E-state index contributed by atoms with van der Waals surface area (Å²) in [4.78, 5) is 37.8. The number of aromatic nitrogens is 1. The molecule has 0 radical (unpaired) electrons. The minimum atomic E-state index is -0.351. The topological polar surface area (TPSA) is 94.0 Å². The molecular weight excluding hydrogens is 552 g/mol. The van der Waals surface area contributed by atoms with Crippen molar-refractivity contribution in [3.8, 4) is 0 Å². The zero-order valence-corrected chi connectivity index (χ0v) is 25.7. The van der Waals surface area contributed by atoms with Crippen molar-refractivity contribution in [2.45, 2.75) is 38.8 Å². The van der Waals surface area contributed by atoms with Crippen LogP contribution in [0.2, 0.25) is 0 Å². The molecule has 0 atom stereocenters. The summed E-state index contributed by atoms with van der Waals surface area (Å²) in [6.07, 6.45) is 3.50. The molecule has 1 saturated carbocycles. The van der Waals surface area contributed by atoms with Crippen molar-refractivity contribution in [1.29, 1.82) is 0 Å². The Morgan fingerprint density at radius 1 is 0.886 bits per heavy atom. The van der Waals surface area contributed by atoms with Crippen LogP contribution in [0, 0.1) is 6.92 Å². The quantitative estimate of drug-likeness (QED) is 0.254. The Bertz CT molecular complexity index is 1630. The molecule has 44 heavy (non-hydrogen) atoms. The second kappa shape index (κ2) is 12.9. The number of hydrogen-bond donors (Lipinski definition) is 2. The monoisotopic (exact) mass is 592 g/mol. The van der Waals surface area contributed by atoms with Crippen LogP contribution >= 0.6 is 0 Å². The zero-order chi connectivity index (χ0) is 30.6. The summed E-state index contributed by atoms with van der Waals surface area (Å²) in [7, 11) is 4.07. The van der Waals surface area contributed by atoms with Crippen molar-refractivity contribution >= 4 is 28.9 Å². The van der Waals surface area contributed by atoms with Gasteiger partial charge in [0, 0.05) is 56.4 Å². The van der Waals surface area contributed by atoms with E-state index in [1.54, 1.807) is 6.07 Å². The highest BCUT2D eigenvalue weighted by Gasteiger charge is 2.30. The lowest BCUT2D eigenvalue weighted by Gasteiger charge is -2.38. The van der Waals surface area contributed by atoms with Gasteiger partial charge in [0.1, 0.15) is 6.26 Å². The van der Waals surface area contributed by atoms with Gasteiger partial charge in [0.15, 0.2) is 11.6 Å². The third kappa shape index (κ3) is 6.94. The number of piperazine rings is 1. The van der Waals surface area contributed by atoms with E-state index in [2.05, 4.69) is 73.6 Å². The van der Waals surface area contributed by atoms with Crippen molar-refractivity contribution in [3.05, 3.63) is 107 Å². The summed E-state index contributed by atoms with van der Waals surface area (Å²) in [5.41, 5.74) is 6.91. The Kier molecular flexibility index (Phi) is 8.65. The molecule has 0 bridgehead atoms. The molecule has 2 N–H and O–H groups in total. The van der Waals surface area contributed by atoms with E-state index in [4.69, 9.17) is 4.42 Å². The molecule has 2 fully saturated rings. The van der Waals surface area contributed by atoms with Crippen molar-refractivity contribution < 1.29 is 14.0 Å². The summed E-state index contributed by atoms with van der Waals surface area (Å²) in [5.74, 6) is 0.375. The Morgan fingerprint density at radius 3 is 2.34 bits per heavy atom. The molecular formula is C35H40N6O3. The van der Waals surface area contributed by atoms with Gasteiger partial charge in [-0.25, -0.2) is 4.98 Å². The highest BCUT2D eigenvalue weighted by Crippen LogP contribution is 2.39. The number of para-hydroxylation sites is 1. The first-order chi connectivity index (χ1) is 21.3. The van der Waals surface area contributed by atoms with E-state index in [1.165, 1.54) is 23.1 Å². The summed E-state index contributed by atoms with van der Waals surface area (Å²) >= 11 is 0. The molecule has 1 aliphatic heterocycles. The van der Waals surface area contributed by atoms with Crippen LogP contribution in [-0.2, 0) is 13.1 Å². The molecule has 9 nitrogen and oxygen atoms in total. The van der Waals surface area contributed by atoms with Gasteiger partial charge in [0.2, 0.25) is 0 Å². The second-order valence-corrected chi connectivity index (χ2v) is 12.0. The number of benzene rings is 3. The van der Waals surface area contributed by atoms with E-state index >= 15 is 0 Å². The molecule has 2 aliphatic rings. The first-order valence-corrected chi connectivity index (χ1v) is 15.3. The molecule has 228 valence electrons. The molecule has 4 aromatic rings. The molecule has 2 heterocycles. The van der Waals surface area contributed by atoms with E-state index in [0.717, 1.165) is 56.8 Å². The third-order valence-electron chi connectivity index (χ3n) is 8.21. The van der Waals surface area contributed by atoms with Gasteiger partial charge in [0.25, 0.3) is 11.8 Å². The van der Waals surface area contributed by atoms with Crippen LogP contribution < -0.4 is 20.4 Å². The minimum Gasteiger partial charge on any atom is -0.448 e. The van der Waals surface area contributed by atoms with Gasteiger partial charge in [-0.3, -0.25) is 9.59 Å². The maximum absolute atomic E-state index is 13.3. The molecule has 9 heteroatoms. The van der Waals surface area contributed by atoms with Gasteiger partial charge in [-0.15, -0.1) is 0 Å². The molecule has 3 aromatic carbocycles. The van der Waals surface area contributed by atoms with E-state index in [9.17, 15) is 9.59 Å². The number of aryl methyl sites for hydroxylation is 1. The number of carbonyl (C=O) groups excluding carboxylic acids is 2. The van der Waals surface area contributed by atoms with E-state index in [1.807, 2.05) is 38.4 Å². The normalized spacial score (nSPS) is 15.0. The van der Waals surface area contributed by atoms with Gasteiger partial charge in [0.05, 0.1) is 11.4 Å². The number of amides is 2. The summed E-state index contributed by atoms with van der Waals surface area (Å²) in [6.45, 7) is 6.64. The third-order valence-corrected chi connectivity index (χ3v) is 8.21. The lowest BCUT2D eigenvalue weighted by atomic mass is 10.1. The highest BCUT2D eigenvalue weighted by atomic mass is 16.3. The molecule has 1 aliphatic carbocycles. The Morgan fingerprint density at radius 2 is 1.61 bits per heavy atom. The second-order valence-electron chi connectivity index (χ2n) is 12.0. The van der Waals surface area contributed by atoms with Crippen molar-refractivity contribution in [2.24, 2.45) is 0 Å². The fourth-order valence-corrected chi connectivity index (χ4v) is 5.74. The summed E-state index contributed by atoms with van der Waals surface area (Å²) < 4.78 is 5.57. The van der Waals surface area contributed by atoms with Gasteiger partial charge in [-0.2, -0.15) is 0 Å². The molecule has 2 amide bonds. The van der Waals surface area contributed by atoms with Gasteiger partial charge < -0.3 is 29.8 Å². The maximum atomic E-state index is 13.3. The van der Waals surface area contributed by atoms with Gasteiger partial charge in [-0.05, 0) is 74.8 Å². The van der Waals surface area contributed by atoms with E-state index < -0.39 is 0 Å². The standard InChI is InChI=1S/C35H40N6O3/c1-24-7-4-5-10-31(24)40-15-17-41(18-16-40)32-14-13-28(33(42)36-21-25-8-6-9-26(19-25)22-39(2)3)20-29(32)37-34(43)30-23-44-35(38-30)27-11-12-27/h4-10,13-14,19-20,23,27H,11-12,15-18,21-22H2,1-3H3,(H,36,42)(H,37,43). The summed E-state index contributed by atoms with van der Waals surface area (Å²) in [5, 5.41) is 6.09. The molecule has 0 unspecified atom stereocenters. The number of anilines is 3. The minimum absolute atomic E-state index is 0.202. The molecule has 1 saturated heterocycles. The highest BCUT2D eigenvalue weighted by molar-refractivity contribution is 6.06. The first kappa shape index (κ1) is 29.4. The SMILES string of the molecule is Cc1ccccc1N1CCN(c2ccc(C(=O)NCc3cccc(CN(C)C)c3)cc2NC(=O)c2coc(C3CC3)n2)CC1. The number of nitrogens with one attached hydrogen (secondary N) is 2. The van der Waals surface area contributed by atoms with Crippen LogP contribution in [0.15, 0.2) is 77.4 Å². The van der Waals surface area contributed by atoms with Crippen LogP contribution in [0.4, 0.5) is 17.1 Å². The fraction of sp³-hybridized carbons (Fsp3) is 0.343. The number of nitrogens with zero attached hydrogens (tertiary/aromatic N) is 4. The van der Waals surface area contributed by atoms with Crippen LogP contribution in [0.3, 0.4) is 0 Å². The average Bonchev–Trinajstić information content (AvgIpc) is 3.76. The zero-order valence-electron chi connectivity index (χ0n) is 25.7. The van der Waals surface area contributed by atoms with Gasteiger partial charge >= 0.3 is 0 Å². The van der Waals surface area contributed by atoms with Crippen LogP contribution in [-0.4, -0.2) is 62.0 Å². The van der Waals surface area contributed by atoms with Crippen LogP contribution in [0.5, 0.6) is 0 Å². The van der Waals surface area contributed by atoms with Crippen molar-refractivity contribution in [2.75, 3.05) is 55.4 Å². The number of oxazole rings is 1. The Hall–Kier alpha value is -4.63. The van der Waals surface area contributed by atoms with Crippen molar-refractivity contribution in [3.63, 3.8) is 0 Å². The predicted octanol–water partition coefficient (Wildman–Crippen LogP) is 5.43. The maximum Gasteiger partial charge on any atom is 0.277 e. The lowest BCUT2D eigenvalue weighted by Crippen LogP contribution is -2.47. The smallest absolute Gasteiger partial charge is 0.277 e. The largest absolute Gasteiger partial charge is 0.448 e. The Labute approximate surface area is 258 Å². The fourth-order valence-electron chi connectivity index (χ4n) is 5.74. The number of rotatable bonds is 10. The average molecular weight is 593 g/mol. The van der Waals surface area contributed by atoms with Crippen molar-refractivity contribution in [1.82, 2.24) is 15.2 Å². The summed E-state index contributed by atoms with van der Waals surface area (Å²) in [6, 6.07) is 22.2. The lowest BCUT2D eigenvalue weighted by molar-refractivity contribution is 0.0949. The Balaban J connectivity index is 1.19. The number of carbonyl (C=O) groups is 2.